The van der Waals surface area contributed by atoms with Gasteiger partial charge in [0.1, 0.15) is 0 Å². The van der Waals surface area contributed by atoms with Crippen molar-refractivity contribution < 1.29 is 27.5 Å². The third-order valence-corrected chi connectivity index (χ3v) is 4.73. The van der Waals surface area contributed by atoms with Gasteiger partial charge in [-0.3, -0.25) is 14.6 Å². The molecule has 2 aromatic rings. The van der Waals surface area contributed by atoms with Crippen molar-refractivity contribution in [3.63, 3.8) is 0 Å². The van der Waals surface area contributed by atoms with Gasteiger partial charge in [0.15, 0.2) is 11.6 Å². The molecule has 29 heavy (non-hydrogen) atoms. The molecular weight excluding hydrogens is 383 g/mol. The first kappa shape index (κ1) is 22.7. The van der Waals surface area contributed by atoms with E-state index in [1.54, 1.807) is 26.0 Å². The quantitative estimate of drug-likeness (QED) is 0.591. The monoisotopic (exact) mass is 407 g/mol. The molecule has 4 nitrogen and oxygen atoms in total. The van der Waals surface area contributed by atoms with Gasteiger partial charge in [-0.1, -0.05) is 45.9 Å². The van der Waals surface area contributed by atoms with Crippen LogP contribution in [0, 0.1) is 11.8 Å². The topological polar surface area (TPSA) is 56.3 Å². The molecule has 2 rings (SSSR count). The average Bonchev–Trinajstić information content (AvgIpc) is 2.67. The van der Waals surface area contributed by atoms with Crippen molar-refractivity contribution in [3.8, 4) is 11.1 Å². The summed E-state index contributed by atoms with van der Waals surface area (Å²) in [6.45, 7) is 6.31. The minimum absolute atomic E-state index is 0.118. The molecule has 0 spiro atoms. The van der Waals surface area contributed by atoms with E-state index in [9.17, 15) is 22.8 Å². The van der Waals surface area contributed by atoms with Crippen LogP contribution >= 0.6 is 0 Å². The van der Waals surface area contributed by atoms with Gasteiger partial charge in [0, 0.05) is 48.0 Å². The Hall–Kier alpha value is -2.54. The molecule has 0 aliphatic carbocycles. The van der Waals surface area contributed by atoms with Crippen LogP contribution < -0.4 is 0 Å². The first-order valence-corrected chi connectivity index (χ1v) is 9.22. The van der Waals surface area contributed by atoms with Gasteiger partial charge < -0.3 is 4.74 Å². The predicted octanol–water partition coefficient (Wildman–Crippen LogP) is 5.22. The summed E-state index contributed by atoms with van der Waals surface area (Å²) >= 11 is 0. The lowest BCUT2D eigenvalue weighted by Gasteiger charge is -2.34. The molecule has 1 aromatic carbocycles. The Morgan fingerprint density at radius 1 is 0.966 bits per heavy atom. The molecule has 156 valence electrons. The number of alkyl halides is 3. The molecule has 1 atom stereocenters. The van der Waals surface area contributed by atoms with Gasteiger partial charge in [-0.2, -0.15) is 13.2 Å². The number of aromatic nitrogens is 1. The van der Waals surface area contributed by atoms with Crippen LogP contribution in [0.2, 0.25) is 0 Å². The van der Waals surface area contributed by atoms with E-state index < -0.39 is 23.5 Å². The normalized spacial score (nSPS) is 14.1. The fourth-order valence-electron chi connectivity index (χ4n) is 3.17. The smallest absolute Gasteiger partial charge is 0.358 e. The molecule has 0 saturated carbocycles. The lowest BCUT2D eigenvalue weighted by Crippen LogP contribution is -2.52. The van der Waals surface area contributed by atoms with Gasteiger partial charge in [-0.05, 0) is 17.7 Å². The number of Topliss-reactive ketones (excluding diaryl/α,β-unsaturated/α-hetero) is 2. The number of halogens is 3. The molecule has 1 heterocycles. The van der Waals surface area contributed by atoms with Crippen LogP contribution in [-0.4, -0.2) is 29.8 Å². The molecule has 0 radical (unpaired) electrons. The van der Waals surface area contributed by atoms with Crippen molar-refractivity contribution in [2.24, 2.45) is 11.8 Å². The zero-order valence-electron chi connectivity index (χ0n) is 17.0. The highest BCUT2D eigenvalue weighted by Gasteiger charge is 2.62. The lowest BCUT2D eigenvalue weighted by atomic mass is 9.82. The number of hydrogen-bond acceptors (Lipinski definition) is 4. The van der Waals surface area contributed by atoms with E-state index in [4.69, 9.17) is 4.74 Å². The molecule has 0 aliphatic rings. The molecule has 0 fully saturated rings. The molecule has 0 N–H and O–H groups in total. The van der Waals surface area contributed by atoms with Gasteiger partial charge in [-0.25, -0.2) is 0 Å². The van der Waals surface area contributed by atoms with E-state index in [0.29, 0.717) is 16.7 Å². The van der Waals surface area contributed by atoms with Crippen molar-refractivity contribution in [3.05, 3.63) is 53.9 Å². The van der Waals surface area contributed by atoms with Gasteiger partial charge in [0.05, 0.1) is 0 Å². The molecule has 7 heteroatoms. The second-order valence-electron chi connectivity index (χ2n) is 7.46. The van der Waals surface area contributed by atoms with E-state index in [2.05, 4.69) is 4.98 Å². The van der Waals surface area contributed by atoms with Gasteiger partial charge in [0.2, 0.25) is 5.60 Å². The molecule has 0 aliphatic heterocycles. The summed E-state index contributed by atoms with van der Waals surface area (Å²) in [4.78, 5) is 28.9. The summed E-state index contributed by atoms with van der Waals surface area (Å²) in [6, 6.07) is 7.09. The Morgan fingerprint density at radius 2 is 1.62 bits per heavy atom. The van der Waals surface area contributed by atoms with Crippen LogP contribution in [0.25, 0.3) is 11.1 Å². The summed E-state index contributed by atoms with van der Waals surface area (Å²) < 4.78 is 47.0. The Morgan fingerprint density at radius 3 is 2.14 bits per heavy atom. The molecule has 0 bridgehead atoms. The lowest BCUT2D eigenvalue weighted by molar-refractivity contribution is -0.266. The number of rotatable bonds is 7. The van der Waals surface area contributed by atoms with E-state index in [1.807, 2.05) is 0 Å². The molecular formula is C22H24F3NO3. The van der Waals surface area contributed by atoms with Crippen molar-refractivity contribution >= 4 is 11.6 Å². The second kappa shape index (κ2) is 8.45. The number of carbonyl (C=O) groups is 2. The predicted molar refractivity (Wildman–Crippen MR) is 103 cm³/mol. The Kier molecular flexibility index (Phi) is 6.63. The highest BCUT2D eigenvalue weighted by Crippen LogP contribution is 2.45. The van der Waals surface area contributed by atoms with Crippen molar-refractivity contribution in [1.82, 2.24) is 4.98 Å². The zero-order chi connectivity index (χ0) is 22.0. The third kappa shape index (κ3) is 4.24. The van der Waals surface area contributed by atoms with E-state index in [-0.39, 0.29) is 17.3 Å². The summed E-state index contributed by atoms with van der Waals surface area (Å²) in [5.41, 5.74) is -2.15. The van der Waals surface area contributed by atoms with Crippen molar-refractivity contribution in [2.45, 2.75) is 39.5 Å². The molecule has 1 aromatic heterocycles. The van der Waals surface area contributed by atoms with Gasteiger partial charge in [0.25, 0.3) is 0 Å². The summed E-state index contributed by atoms with van der Waals surface area (Å²) in [5, 5.41) is 0. The number of ether oxygens (including phenoxy) is 1. The average molecular weight is 407 g/mol. The first-order chi connectivity index (χ1) is 13.5. The number of methoxy groups -OCH3 is 1. The van der Waals surface area contributed by atoms with Gasteiger partial charge >= 0.3 is 6.18 Å². The second-order valence-corrected chi connectivity index (χ2v) is 7.46. The molecule has 0 amide bonds. The highest BCUT2D eigenvalue weighted by atomic mass is 19.4. The van der Waals surface area contributed by atoms with Crippen molar-refractivity contribution in [1.29, 1.82) is 0 Å². The largest absolute Gasteiger partial charge is 0.428 e. The standard InChI is InChI=1S/C22H24F3NO3/c1-13(2)19(27)17-9-16(11-26-12-17)15-7-6-8-18(10-15)21(29-5,22(23,24)25)20(28)14(3)4/h6-14H,1-5H3. The Bertz CT molecular complexity index is 906. The summed E-state index contributed by atoms with van der Waals surface area (Å²) in [5.74, 6) is -2.33. The molecule has 1 unspecified atom stereocenters. The van der Waals surface area contributed by atoms with Crippen LogP contribution in [-0.2, 0) is 15.1 Å². The van der Waals surface area contributed by atoms with Crippen LogP contribution in [0.1, 0.15) is 43.6 Å². The number of pyridine rings is 1. The van der Waals surface area contributed by atoms with Crippen LogP contribution in [0.15, 0.2) is 42.7 Å². The number of benzene rings is 1. The van der Waals surface area contributed by atoms with Crippen LogP contribution in [0.3, 0.4) is 0 Å². The van der Waals surface area contributed by atoms with E-state index in [1.165, 1.54) is 44.4 Å². The number of nitrogens with zero attached hydrogens (tertiary/aromatic N) is 1. The maximum absolute atomic E-state index is 14.1. The summed E-state index contributed by atoms with van der Waals surface area (Å²) in [6.07, 6.45) is -2.06. The van der Waals surface area contributed by atoms with E-state index >= 15 is 0 Å². The maximum Gasteiger partial charge on any atom is 0.428 e. The zero-order valence-corrected chi connectivity index (χ0v) is 17.0. The van der Waals surface area contributed by atoms with Crippen LogP contribution in [0.4, 0.5) is 13.2 Å². The Labute approximate surface area is 168 Å². The summed E-state index contributed by atoms with van der Waals surface area (Å²) in [7, 11) is 0.879. The highest BCUT2D eigenvalue weighted by molar-refractivity contribution is 5.98. The number of hydrogen-bond donors (Lipinski definition) is 0. The first-order valence-electron chi connectivity index (χ1n) is 9.22. The number of ketones is 2. The van der Waals surface area contributed by atoms with Crippen molar-refractivity contribution in [2.75, 3.05) is 7.11 Å². The fourth-order valence-corrected chi connectivity index (χ4v) is 3.17. The minimum atomic E-state index is -4.95. The van der Waals surface area contributed by atoms with E-state index in [0.717, 1.165) is 7.11 Å². The SMILES string of the molecule is COC(C(=O)C(C)C)(c1cccc(-c2cncc(C(=O)C(C)C)c2)c1)C(F)(F)F. The fraction of sp³-hybridized carbons (Fsp3) is 0.409. The number of carbonyl (C=O) groups excluding carboxylic acids is 2. The van der Waals surface area contributed by atoms with Crippen LogP contribution in [0.5, 0.6) is 0 Å². The third-order valence-electron chi connectivity index (χ3n) is 4.73. The molecule has 0 saturated heterocycles. The van der Waals surface area contributed by atoms with Gasteiger partial charge in [-0.15, -0.1) is 0 Å². The Balaban J connectivity index is 2.64. The maximum atomic E-state index is 14.1. The minimum Gasteiger partial charge on any atom is -0.358 e.